The second kappa shape index (κ2) is 11.0. The largest absolute Gasteiger partial charge is 0.508 e. The molecule has 11 nitrogen and oxygen atoms in total. The number of phenols is 1. The zero-order valence-corrected chi connectivity index (χ0v) is 20.6. The lowest BCUT2D eigenvalue weighted by molar-refractivity contribution is 0.102. The normalized spacial score (nSPS) is 11.8. The number of methoxy groups -OCH3 is 1. The van der Waals surface area contributed by atoms with Crippen LogP contribution in [-0.4, -0.2) is 51.4 Å². The highest BCUT2D eigenvalue weighted by molar-refractivity contribution is 6.16. The summed E-state index contributed by atoms with van der Waals surface area (Å²) >= 11 is 0. The van der Waals surface area contributed by atoms with Crippen LogP contribution in [0.2, 0.25) is 0 Å². The van der Waals surface area contributed by atoms with Gasteiger partial charge in [-0.25, -0.2) is 9.97 Å². The van der Waals surface area contributed by atoms with E-state index in [0.29, 0.717) is 46.0 Å². The number of amides is 1. The average Bonchev–Trinajstić information content (AvgIpc) is 3.32. The van der Waals surface area contributed by atoms with Crippen molar-refractivity contribution in [2.24, 2.45) is 5.73 Å². The Balaban J connectivity index is 1.60. The summed E-state index contributed by atoms with van der Waals surface area (Å²) in [5.41, 5.74) is 14.3. The quantitative estimate of drug-likeness (QED) is 0.160. The number of fused-ring (bicyclic) bond motifs is 1. The third-order valence-corrected chi connectivity index (χ3v) is 6.06. The highest BCUT2D eigenvalue weighted by Gasteiger charge is 2.20. The van der Waals surface area contributed by atoms with Crippen molar-refractivity contribution in [3.63, 3.8) is 0 Å². The number of H-pyrrole nitrogens is 1. The third kappa shape index (κ3) is 5.46. The summed E-state index contributed by atoms with van der Waals surface area (Å²) < 4.78 is 5.51. The van der Waals surface area contributed by atoms with E-state index in [4.69, 9.17) is 21.6 Å². The number of anilines is 3. The van der Waals surface area contributed by atoms with Crippen molar-refractivity contribution >= 4 is 39.8 Å². The molecule has 0 saturated carbocycles. The van der Waals surface area contributed by atoms with Gasteiger partial charge in [0.15, 0.2) is 0 Å². The maximum absolute atomic E-state index is 12.9. The fraction of sp³-hybridized carbons (Fsp3) is 0.231. The summed E-state index contributed by atoms with van der Waals surface area (Å²) in [6, 6.07) is 11.5. The minimum Gasteiger partial charge on any atom is -0.508 e. The van der Waals surface area contributed by atoms with Crippen LogP contribution in [0.5, 0.6) is 11.5 Å². The molecule has 0 aliphatic rings. The molecular formula is C26H30N8O3. The molecule has 4 aromatic rings. The number of aromatic nitrogens is 3. The van der Waals surface area contributed by atoms with Gasteiger partial charge in [0.2, 0.25) is 0 Å². The van der Waals surface area contributed by atoms with Gasteiger partial charge in [0.05, 0.1) is 24.1 Å². The summed E-state index contributed by atoms with van der Waals surface area (Å²) in [6.07, 6.45) is 2.93. The SMILES string of the molecule is CCC(CCN)Nc1ncnc(N)c1C(=N)c1ccc(NC(=O)c2cc3cc(O)ccc3[nH]2)c(OC)c1. The lowest BCUT2D eigenvalue weighted by Crippen LogP contribution is -2.25. The Hall–Kier alpha value is -4.64. The topological polar surface area (TPSA) is 188 Å². The Labute approximate surface area is 213 Å². The van der Waals surface area contributed by atoms with Crippen LogP contribution in [0.25, 0.3) is 10.9 Å². The van der Waals surface area contributed by atoms with E-state index in [2.05, 4.69) is 25.6 Å². The molecule has 0 radical (unpaired) electrons. The summed E-state index contributed by atoms with van der Waals surface area (Å²) in [5.74, 6) is 0.731. The van der Waals surface area contributed by atoms with Crippen LogP contribution < -0.4 is 26.8 Å². The first-order valence-electron chi connectivity index (χ1n) is 11.8. The molecule has 37 heavy (non-hydrogen) atoms. The maximum atomic E-state index is 12.9. The number of nitrogens with one attached hydrogen (secondary N) is 4. The van der Waals surface area contributed by atoms with Gasteiger partial charge in [-0.15, -0.1) is 0 Å². The number of nitrogen functional groups attached to an aromatic ring is 1. The van der Waals surface area contributed by atoms with E-state index in [-0.39, 0.29) is 29.2 Å². The van der Waals surface area contributed by atoms with E-state index in [1.807, 2.05) is 6.92 Å². The van der Waals surface area contributed by atoms with Gasteiger partial charge in [0, 0.05) is 22.5 Å². The van der Waals surface area contributed by atoms with E-state index < -0.39 is 0 Å². The number of aromatic hydroxyl groups is 1. The molecule has 0 fully saturated rings. The number of rotatable bonds is 10. The fourth-order valence-corrected chi connectivity index (χ4v) is 4.05. The Morgan fingerprint density at radius 3 is 2.76 bits per heavy atom. The molecule has 0 aliphatic heterocycles. The predicted molar refractivity (Wildman–Crippen MR) is 145 cm³/mol. The number of hydrogen-bond acceptors (Lipinski definition) is 9. The summed E-state index contributed by atoms with van der Waals surface area (Å²) in [7, 11) is 1.48. The molecule has 11 heteroatoms. The van der Waals surface area contributed by atoms with Crippen LogP contribution in [0.1, 0.15) is 41.4 Å². The second-order valence-corrected chi connectivity index (χ2v) is 8.51. The minimum atomic E-state index is -0.380. The number of aromatic amines is 1. The van der Waals surface area contributed by atoms with Gasteiger partial charge >= 0.3 is 0 Å². The lowest BCUT2D eigenvalue weighted by atomic mass is 10.0. The van der Waals surface area contributed by atoms with Gasteiger partial charge in [-0.1, -0.05) is 13.0 Å². The molecule has 0 aliphatic carbocycles. The van der Waals surface area contributed by atoms with Crippen LogP contribution in [0.3, 0.4) is 0 Å². The average molecular weight is 503 g/mol. The number of phenolic OH excluding ortho intramolecular Hbond substituents is 1. The van der Waals surface area contributed by atoms with Crippen molar-refractivity contribution in [2.45, 2.75) is 25.8 Å². The number of benzene rings is 2. The van der Waals surface area contributed by atoms with E-state index in [1.54, 1.807) is 42.5 Å². The molecule has 2 heterocycles. The molecule has 9 N–H and O–H groups in total. The van der Waals surface area contributed by atoms with Gasteiger partial charge in [-0.05, 0) is 55.8 Å². The molecule has 2 aromatic heterocycles. The molecule has 1 amide bonds. The molecule has 1 unspecified atom stereocenters. The number of nitrogens with zero attached hydrogens (tertiary/aromatic N) is 2. The van der Waals surface area contributed by atoms with Crippen LogP contribution in [0, 0.1) is 5.41 Å². The van der Waals surface area contributed by atoms with E-state index in [1.165, 1.54) is 13.4 Å². The first-order chi connectivity index (χ1) is 17.8. The van der Waals surface area contributed by atoms with Crippen LogP contribution >= 0.6 is 0 Å². The maximum Gasteiger partial charge on any atom is 0.272 e. The molecule has 2 aromatic carbocycles. The highest BCUT2D eigenvalue weighted by Crippen LogP contribution is 2.30. The van der Waals surface area contributed by atoms with Crippen LogP contribution in [0.15, 0.2) is 48.8 Å². The molecule has 4 rings (SSSR count). The zero-order valence-electron chi connectivity index (χ0n) is 20.6. The number of hydrogen-bond donors (Lipinski definition) is 7. The highest BCUT2D eigenvalue weighted by atomic mass is 16.5. The number of carbonyl (C=O) groups excluding carboxylic acids is 1. The number of ether oxygens (including phenoxy) is 1. The van der Waals surface area contributed by atoms with E-state index >= 15 is 0 Å². The molecule has 0 bridgehead atoms. The molecular weight excluding hydrogens is 472 g/mol. The smallest absolute Gasteiger partial charge is 0.272 e. The first-order valence-corrected chi connectivity index (χ1v) is 11.8. The van der Waals surface area contributed by atoms with E-state index in [9.17, 15) is 9.90 Å². The first kappa shape index (κ1) is 25.5. The summed E-state index contributed by atoms with van der Waals surface area (Å²) in [5, 5.41) is 25.4. The molecule has 0 saturated heterocycles. The van der Waals surface area contributed by atoms with Crippen LogP contribution in [-0.2, 0) is 0 Å². The number of carbonyl (C=O) groups is 1. The monoisotopic (exact) mass is 502 g/mol. The van der Waals surface area contributed by atoms with Gasteiger partial charge in [-0.2, -0.15) is 0 Å². The predicted octanol–water partition coefficient (Wildman–Crippen LogP) is 3.46. The zero-order chi connectivity index (χ0) is 26.5. The summed E-state index contributed by atoms with van der Waals surface area (Å²) in [4.78, 5) is 24.3. The fourth-order valence-electron chi connectivity index (χ4n) is 4.05. The molecule has 192 valence electrons. The Bertz CT molecular complexity index is 1450. The van der Waals surface area contributed by atoms with Gasteiger partial charge in [0.25, 0.3) is 5.91 Å². The van der Waals surface area contributed by atoms with Crippen molar-refractivity contribution in [2.75, 3.05) is 30.0 Å². The van der Waals surface area contributed by atoms with Crippen molar-refractivity contribution < 1.29 is 14.6 Å². The van der Waals surface area contributed by atoms with Gasteiger partial charge < -0.3 is 36.9 Å². The minimum absolute atomic E-state index is 0.0755. The van der Waals surface area contributed by atoms with E-state index in [0.717, 1.165) is 18.4 Å². The van der Waals surface area contributed by atoms with Crippen LogP contribution in [0.4, 0.5) is 17.3 Å². The van der Waals surface area contributed by atoms with Gasteiger partial charge in [-0.3, -0.25) is 10.2 Å². The van der Waals surface area contributed by atoms with Crippen molar-refractivity contribution in [1.82, 2.24) is 15.0 Å². The molecule has 1 atom stereocenters. The second-order valence-electron chi connectivity index (χ2n) is 8.51. The lowest BCUT2D eigenvalue weighted by Gasteiger charge is -2.20. The summed E-state index contributed by atoms with van der Waals surface area (Å²) in [6.45, 7) is 2.56. The Morgan fingerprint density at radius 2 is 2.03 bits per heavy atom. The van der Waals surface area contributed by atoms with Crippen molar-refractivity contribution in [1.29, 1.82) is 5.41 Å². The number of nitrogens with two attached hydrogens (primary N) is 2. The Morgan fingerprint density at radius 1 is 1.22 bits per heavy atom. The standard InChI is InChI=1S/C26H30N8O3/c1-3-16(8-9-27)32-25-22(24(29)30-13-31-25)23(28)14-4-6-19(21(12-14)37-2)34-26(36)20-11-15-10-17(35)5-7-18(15)33-20/h4-7,10-13,16,28,33,35H,3,8-9,27H2,1-2H3,(H,34,36)(H3,29,30,31,32). The Kier molecular flexibility index (Phi) is 7.54. The third-order valence-electron chi connectivity index (χ3n) is 6.06. The van der Waals surface area contributed by atoms with Crippen molar-refractivity contribution in [3.05, 3.63) is 65.6 Å². The molecule has 0 spiro atoms. The van der Waals surface area contributed by atoms with Gasteiger partial charge in [0.1, 0.15) is 35.2 Å². The van der Waals surface area contributed by atoms with Crippen molar-refractivity contribution in [3.8, 4) is 11.5 Å².